The topological polar surface area (TPSA) is 99.1 Å². The van der Waals surface area contributed by atoms with E-state index in [4.69, 9.17) is 19.3 Å². The molecule has 0 unspecified atom stereocenters. The summed E-state index contributed by atoms with van der Waals surface area (Å²) in [5.74, 6) is -1.99. The molecule has 1 aromatic rings. The lowest BCUT2D eigenvalue weighted by atomic mass is 9.97. The van der Waals surface area contributed by atoms with Gasteiger partial charge < -0.3 is 19.3 Å². The summed E-state index contributed by atoms with van der Waals surface area (Å²) >= 11 is 0. The Bertz CT molecular complexity index is 810. The highest BCUT2D eigenvalue weighted by Gasteiger charge is 2.32. The number of aliphatic hydroxyl groups is 1. The van der Waals surface area contributed by atoms with Gasteiger partial charge in [-0.2, -0.15) is 0 Å². The van der Waals surface area contributed by atoms with Gasteiger partial charge in [-0.05, 0) is 80.0 Å². The Morgan fingerprint density at radius 2 is 1.10 bits per heavy atom. The predicted molar refractivity (Wildman–Crippen MR) is 118 cm³/mol. The molecule has 7 heteroatoms. The smallest absolute Gasteiger partial charge is 0.316 e. The molecule has 0 fully saturated rings. The lowest BCUT2D eigenvalue weighted by molar-refractivity contribution is -0.146. The molecule has 7 nitrogen and oxygen atoms in total. The van der Waals surface area contributed by atoms with Crippen LogP contribution in [0, 0.1) is 16.2 Å². The Balaban J connectivity index is 3.68. The zero-order valence-electron chi connectivity index (χ0n) is 19.9. The summed E-state index contributed by atoms with van der Waals surface area (Å²) in [4.78, 5) is 37.7. The van der Waals surface area contributed by atoms with Gasteiger partial charge in [0.05, 0.1) is 22.9 Å². The summed E-state index contributed by atoms with van der Waals surface area (Å²) in [5.41, 5.74) is -2.03. The zero-order valence-corrected chi connectivity index (χ0v) is 19.9. The number of rotatable bonds is 5. The van der Waals surface area contributed by atoms with Crippen LogP contribution >= 0.6 is 0 Å². The van der Waals surface area contributed by atoms with Crippen LogP contribution in [0.2, 0.25) is 0 Å². The minimum Gasteiger partial charge on any atom is -0.422 e. The summed E-state index contributed by atoms with van der Waals surface area (Å²) in [5, 5.41) is 9.11. The second kappa shape index (κ2) is 9.64. The van der Waals surface area contributed by atoms with Crippen LogP contribution in [0.5, 0.6) is 17.2 Å². The van der Waals surface area contributed by atoms with E-state index in [0.717, 1.165) is 0 Å². The van der Waals surface area contributed by atoms with Gasteiger partial charge in [0.15, 0.2) is 11.5 Å². The van der Waals surface area contributed by atoms with Gasteiger partial charge in [-0.3, -0.25) is 14.4 Å². The quantitative estimate of drug-likeness (QED) is 0.536. The van der Waals surface area contributed by atoms with Crippen molar-refractivity contribution in [1.82, 2.24) is 0 Å². The molecule has 0 radical (unpaired) electrons. The molecule has 0 aliphatic heterocycles. The molecule has 31 heavy (non-hydrogen) atoms. The van der Waals surface area contributed by atoms with Crippen molar-refractivity contribution in [1.29, 1.82) is 0 Å². The normalized spacial score (nSPS) is 12.6. The number of esters is 3. The van der Waals surface area contributed by atoms with Crippen LogP contribution < -0.4 is 14.2 Å². The second-order valence-corrected chi connectivity index (χ2v) is 10.3. The molecule has 0 saturated heterocycles. The third-order valence-electron chi connectivity index (χ3n) is 3.90. The standard InChI is InChI=1S/C24H34O7/c1-22(2,3)19(26)29-16-13-15(11-10-12-25)14-17(30-20(27)23(4,5)6)18(16)31-21(28)24(7,8)9/h10-11,13-14,25H,12H2,1-9H3/b11-10+. The summed E-state index contributed by atoms with van der Waals surface area (Å²) in [6.07, 6.45) is 3.04. The van der Waals surface area contributed by atoms with Crippen molar-refractivity contribution in [3.63, 3.8) is 0 Å². The average Bonchev–Trinajstić information content (AvgIpc) is 2.59. The number of carbonyl (C=O) groups is 3. The molecule has 0 bridgehead atoms. The van der Waals surface area contributed by atoms with Gasteiger partial charge >= 0.3 is 17.9 Å². The molecule has 172 valence electrons. The van der Waals surface area contributed by atoms with Gasteiger partial charge in [0.25, 0.3) is 0 Å². The van der Waals surface area contributed by atoms with Gasteiger partial charge in [0.1, 0.15) is 0 Å². The van der Waals surface area contributed by atoms with Crippen molar-refractivity contribution in [3.05, 3.63) is 23.8 Å². The Labute approximate surface area is 184 Å². The van der Waals surface area contributed by atoms with Crippen molar-refractivity contribution in [3.8, 4) is 17.2 Å². The van der Waals surface area contributed by atoms with Crippen molar-refractivity contribution < 1.29 is 33.7 Å². The van der Waals surface area contributed by atoms with Crippen molar-refractivity contribution in [2.24, 2.45) is 16.2 Å². The van der Waals surface area contributed by atoms with Gasteiger partial charge in [-0.25, -0.2) is 0 Å². The lowest BCUT2D eigenvalue weighted by Gasteiger charge is -2.23. The summed E-state index contributed by atoms with van der Waals surface area (Å²) in [6.45, 7) is 14.9. The van der Waals surface area contributed by atoms with Gasteiger partial charge in [0.2, 0.25) is 5.75 Å². The Kier molecular flexibility index (Phi) is 8.20. The van der Waals surface area contributed by atoms with E-state index in [0.29, 0.717) is 5.56 Å². The Hall–Kier alpha value is -2.67. The molecule has 1 rings (SSSR count). The zero-order chi connectivity index (χ0) is 24.2. The van der Waals surface area contributed by atoms with E-state index in [9.17, 15) is 14.4 Å². The van der Waals surface area contributed by atoms with E-state index in [1.807, 2.05) is 0 Å². The van der Waals surface area contributed by atoms with Crippen LogP contribution in [0.15, 0.2) is 18.2 Å². The molecule has 0 saturated carbocycles. The molecule has 0 amide bonds. The third kappa shape index (κ3) is 7.83. The molecule has 0 atom stereocenters. The minimum absolute atomic E-state index is 0.0608. The summed E-state index contributed by atoms with van der Waals surface area (Å²) < 4.78 is 16.7. The van der Waals surface area contributed by atoms with Crippen LogP contribution in [-0.4, -0.2) is 29.6 Å². The van der Waals surface area contributed by atoms with E-state index in [1.54, 1.807) is 68.4 Å². The van der Waals surface area contributed by atoms with Crippen molar-refractivity contribution in [2.75, 3.05) is 6.61 Å². The monoisotopic (exact) mass is 434 g/mol. The predicted octanol–water partition coefficient (Wildman–Crippen LogP) is 4.55. The molecular formula is C24H34O7. The maximum Gasteiger partial charge on any atom is 0.316 e. The number of ether oxygens (including phenoxy) is 3. The van der Waals surface area contributed by atoms with Crippen LogP contribution in [0.3, 0.4) is 0 Å². The Morgan fingerprint density at radius 1 is 0.742 bits per heavy atom. The van der Waals surface area contributed by atoms with Gasteiger partial charge in [-0.1, -0.05) is 12.2 Å². The molecule has 1 aromatic carbocycles. The maximum absolute atomic E-state index is 12.6. The summed E-state index contributed by atoms with van der Waals surface area (Å²) in [7, 11) is 0. The van der Waals surface area contributed by atoms with E-state index < -0.39 is 34.2 Å². The maximum atomic E-state index is 12.6. The van der Waals surface area contributed by atoms with Gasteiger partial charge in [-0.15, -0.1) is 0 Å². The molecule has 0 heterocycles. The first-order valence-electron chi connectivity index (χ1n) is 10.1. The Morgan fingerprint density at radius 3 is 1.42 bits per heavy atom. The lowest BCUT2D eigenvalue weighted by Crippen LogP contribution is -2.29. The fraction of sp³-hybridized carbons (Fsp3) is 0.542. The summed E-state index contributed by atoms with van der Waals surface area (Å²) in [6, 6.07) is 2.96. The van der Waals surface area contributed by atoms with Crippen molar-refractivity contribution in [2.45, 2.75) is 62.3 Å². The molecule has 0 aliphatic rings. The fourth-order valence-electron chi connectivity index (χ4n) is 1.89. The molecular weight excluding hydrogens is 400 g/mol. The molecule has 0 aromatic heterocycles. The van der Waals surface area contributed by atoms with Crippen LogP contribution in [-0.2, 0) is 14.4 Å². The number of hydrogen-bond donors (Lipinski definition) is 1. The van der Waals surface area contributed by atoms with Crippen LogP contribution in [0.1, 0.15) is 67.9 Å². The van der Waals surface area contributed by atoms with E-state index in [1.165, 1.54) is 18.2 Å². The fourth-order valence-corrected chi connectivity index (χ4v) is 1.89. The highest BCUT2D eigenvalue weighted by atomic mass is 16.6. The second-order valence-electron chi connectivity index (χ2n) is 10.3. The third-order valence-corrected chi connectivity index (χ3v) is 3.90. The average molecular weight is 435 g/mol. The number of benzene rings is 1. The minimum atomic E-state index is -0.855. The molecule has 0 spiro atoms. The largest absolute Gasteiger partial charge is 0.422 e. The number of aliphatic hydroxyl groups excluding tert-OH is 1. The SMILES string of the molecule is CC(C)(C)C(=O)Oc1cc(/C=C/CO)cc(OC(=O)C(C)(C)C)c1OC(=O)C(C)(C)C. The number of carbonyl (C=O) groups excluding carboxylic acids is 3. The van der Waals surface area contributed by atoms with E-state index >= 15 is 0 Å². The highest BCUT2D eigenvalue weighted by Crippen LogP contribution is 2.42. The van der Waals surface area contributed by atoms with E-state index in [2.05, 4.69) is 0 Å². The first-order valence-corrected chi connectivity index (χ1v) is 10.1. The first-order chi connectivity index (χ1) is 14.0. The highest BCUT2D eigenvalue weighted by molar-refractivity contribution is 5.84. The van der Waals surface area contributed by atoms with E-state index in [-0.39, 0.29) is 23.9 Å². The van der Waals surface area contributed by atoms with Crippen molar-refractivity contribution >= 4 is 24.0 Å². The van der Waals surface area contributed by atoms with Gasteiger partial charge in [0, 0.05) is 0 Å². The number of hydrogen-bond acceptors (Lipinski definition) is 7. The first kappa shape index (κ1) is 26.4. The molecule has 0 aliphatic carbocycles. The van der Waals surface area contributed by atoms with Crippen LogP contribution in [0.4, 0.5) is 0 Å². The molecule has 1 N–H and O–H groups in total. The van der Waals surface area contributed by atoms with Crippen LogP contribution in [0.25, 0.3) is 6.08 Å².